The number of carbonyl (C=O) groups excluding carboxylic acids is 2. The summed E-state index contributed by atoms with van der Waals surface area (Å²) in [6.45, 7) is 1.54. The molecular weight excluding hydrogens is 418 g/mol. The maximum Gasteiger partial charge on any atom is 0.326 e. The molecular formula is C23H31NO8. The van der Waals surface area contributed by atoms with Crippen LogP contribution in [0, 0.1) is 11.8 Å². The third-order valence-corrected chi connectivity index (χ3v) is 6.52. The van der Waals surface area contributed by atoms with Crippen LogP contribution in [0.1, 0.15) is 38.2 Å². The highest BCUT2D eigenvalue weighted by Crippen LogP contribution is 2.35. The first-order valence-corrected chi connectivity index (χ1v) is 11.0. The van der Waals surface area contributed by atoms with Crippen LogP contribution in [0.25, 0.3) is 0 Å². The molecule has 9 nitrogen and oxygen atoms in total. The number of Topliss-reactive ketones (excluding diaryl/α,β-unsaturated/α-hetero) is 1. The zero-order chi connectivity index (χ0) is 23.4. The number of nitrogens with one attached hydrogen (secondary N) is 1. The van der Waals surface area contributed by atoms with E-state index in [-0.39, 0.29) is 18.6 Å². The van der Waals surface area contributed by atoms with Crippen LogP contribution >= 0.6 is 0 Å². The molecule has 1 aliphatic carbocycles. The van der Waals surface area contributed by atoms with Crippen LogP contribution in [0.5, 0.6) is 0 Å². The monoisotopic (exact) mass is 449 g/mol. The SMILES string of the molecule is C[C@@H]1OC(CC(=O)C2CCC[C@H]2C(=O)N[C@@H](Cc2ccccc2)C(=O)O)[C@@H](O)[C@H](O)[C@@H]1O. The van der Waals surface area contributed by atoms with Crippen LogP contribution in [0.2, 0.25) is 0 Å². The Bertz CT molecular complexity index is 815. The Morgan fingerprint density at radius 3 is 2.34 bits per heavy atom. The fourth-order valence-electron chi connectivity index (χ4n) is 4.64. The second-order valence-corrected chi connectivity index (χ2v) is 8.75. The van der Waals surface area contributed by atoms with Gasteiger partial charge in [0.25, 0.3) is 0 Å². The van der Waals surface area contributed by atoms with Crippen LogP contribution in [-0.2, 0) is 25.5 Å². The van der Waals surface area contributed by atoms with Gasteiger partial charge in [-0.25, -0.2) is 4.79 Å². The van der Waals surface area contributed by atoms with Crippen LogP contribution in [0.15, 0.2) is 30.3 Å². The molecule has 0 aromatic heterocycles. The number of aliphatic carboxylic acids is 1. The average Bonchev–Trinajstić information content (AvgIpc) is 3.26. The highest BCUT2D eigenvalue weighted by Gasteiger charge is 2.45. The van der Waals surface area contributed by atoms with E-state index in [4.69, 9.17) is 4.74 Å². The second kappa shape index (κ2) is 10.5. The topological polar surface area (TPSA) is 153 Å². The second-order valence-electron chi connectivity index (χ2n) is 8.75. The van der Waals surface area contributed by atoms with Gasteiger partial charge in [-0.15, -0.1) is 0 Å². The summed E-state index contributed by atoms with van der Waals surface area (Å²) >= 11 is 0. The third-order valence-electron chi connectivity index (χ3n) is 6.52. The number of hydrogen-bond donors (Lipinski definition) is 5. The number of carboxylic acid groups (broad SMARTS) is 1. The molecule has 0 bridgehead atoms. The molecule has 2 fully saturated rings. The van der Waals surface area contributed by atoms with Gasteiger partial charge in [0.1, 0.15) is 30.1 Å². The number of amides is 1. The summed E-state index contributed by atoms with van der Waals surface area (Å²) in [5.41, 5.74) is 0.776. The van der Waals surface area contributed by atoms with Crippen LogP contribution in [0.3, 0.4) is 0 Å². The molecule has 32 heavy (non-hydrogen) atoms. The van der Waals surface area contributed by atoms with E-state index in [9.17, 15) is 34.8 Å². The van der Waals surface area contributed by atoms with Gasteiger partial charge >= 0.3 is 5.97 Å². The van der Waals surface area contributed by atoms with E-state index in [0.717, 1.165) is 5.56 Å². The van der Waals surface area contributed by atoms with Crippen molar-refractivity contribution in [2.75, 3.05) is 0 Å². The van der Waals surface area contributed by atoms with Gasteiger partial charge in [0.2, 0.25) is 5.91 Å². The molecule has 1 amide bonds. The normalized spacial score (nSPS) is 33.4. The minimum atomic E-state index is -1.42. The molecule has 0 spiro atoms. The number of carboxylic acids is 1. The fraction of sp³-hybridized carbons (Fsp3) is 0.609. The van der Waals surface area contributed by atoms with Gasteiger partial charge in [-0.3, -0.25) is 9.59 Å². The molecule has 1 saturated heterocycles. The zero-order valence-electron chi connectivity index (χ0n) is 18.0. The molecule has 1 aromatic carbocycles. The molecule has 8 atom stereocenters. The van der Waals surface area contributed by atoms with Crippen molar-refractivity contribution in [2.45, 2.75) is 75.6 Å². The van der Waals surface area contributed by atoms with Gasteiger partial charge in [-0.1, -0.05) is 36.8 Å². The number of benzene rings is 1. The number of rotatable bonds is 8. The molecule has 9 heteroatoms. The van der Waals surface area contributed by atoms with Crippen LogP contribution < -0.4 is 5.32 Å². The number of aliphatic hydroxyl groups excluding tert-OH is 3. The van der Waals surface area contributed by atoms with Crippen molar-refractivity contribution in [3.63, 3.8) is 0 Å². The summed E-state index contributed by atoms with van der Waals surface area (Å²) in [7, 11) is 0. The van der Waals surface area contributed by atoms with Crippen molar-refractivity contribution in [2.24, 2.45) is 11.8 Å². The highest BCUT2D eigenvalue weighted by atomic mass is 16.5. The molecule has 1 aromatic rings. The zero-order valence-corrected chi connectivity index (χ0v) is 18.0. The van der Waals surface area contributed by atoms with E-state index in [1.165, 1.54) is 0 Å². The molecule has 1 aliphatic heterocycles. The van der Waals surface area contributed by atoms with Crippen molar-refractivity contribution in [1.29, 1.82) is 0 Å². The van der Waals surface area contributed by atoms with E-state index in [1.54, 1.807) is 31.2 Å². The van der Waals surface area contributed by atoms with E-state index >= 15 is 0 Å². The molecule has 1 saturated carbocycles. The molecule has 2 aliphatic rings. The molecule has 2 unspecified atom stereocenters. The predicted molar refractivity (Wildman–Crippen MR) is 113 cm³/mol. The van der Waals surface area contributed by atoms with Gasteiger partial charge in [-0.05, 0) is 25.3 Å². The molecule has 5 N–H and O–H groups in total. The molecule has 0 radical (unpaired) electrons. The van der Waals surface area contributed by atoms with Crippen molar-refractivity contribution in [1.82, 2.24) is 5.32 Å². The number of ether oxygens (including phenoxy) is 1. The minimum Gasteiger partial charge on any atom is -0.480 e. The van der Waals surface area contributed by atoms with E-state index < -0.39 is 60.3 Å². The molecule has 176 valence electrons. The predicted octanol–water partition coefficient (Wildman–Crippen LogP) is 0.0440. The molecule has 3 rings (SSSR count). The summed E-state index contributed by atoms with van der Waals surface area (Å²) in [5.74, 6) is -3.18. The lowest BCUT2D eigenvalue weighted by atomic mass is 9.85. The Morgan fingerprint density at radius 1 is 1.03 bits per heavy atom. The summed E-state index contributed by atoms with van der Waals surface area (Å²) in [4.78, 5) is 37.5. The number of aliphatic hydroxyl groups is 3. The number of hydrogen-bond acceptors (Lipinski definition) is 7. The van der Waals surface area contributed by atoms with Crippen molar-refractivity contribution < 1.29 is 39.5 Å². The quantitative estimate of drug-likeness (QED) is 0.373. The highest BCUT2D eigenvalue weighted by molar-refractivity contribution is 5.91. The Labute approximate surface area is 186 Å². The van der Waals surface area contributed by atoms with Crippen molar-refractivity contribution in [3.8, 4) is 0 Å². The van der Waals surface area contributed by atoms with Crippen molar-refractivity contribution in [3.05, 3.63) is 35.9 Å². The first-order valence-electron chi connectivity index (χ1n) is 11.0. The lowest BCUT2D eigenvalue weighted by molar-refractivity contribution is -0.218. The molecule has 1 heterocycles. The van der Waals surface area contributed by atoms with Gasteiger partial charge in [0, 0.05) is 24.7 Å². The van der Waals surface area contributed by atoms with E-state index in [0.29, 0.717) is 19.3 Å². The fourth-order valence-corrected chi connectivity index (χ4v) is 4.64. The summed E-state index contributed by atoms with van der Waals surface area (Å²) in [5, 5.41) is 42.1. The minimum absolute atomic E-state index is 0.132. The van der Waals surface area contributed by atoms with Crippen LogP contribution in [0.4, 0.5) is 0 Å². The lowest BCUT2D eigenvalue weighted by Gasteiger charge is -2.39. The maximum absolute atomic E-state index is 12.9. The van der Waals surface area contributed by atoms with E-state index in [1.807, 2.05) is 6.07 Å². The number of ketones is 1. The van der Waals surface area contributed by atoms with Gasteiger partial charge in [0.15, 0.2) is 0 Å². The Balaban J connectivity index is 1.62. The summed E-state index contributed by atoms with van der Waals surface area (Å²) in [6.07, 6.45) is -4.29. The maximum atomic E-state index is 12.9. The Morgan fingerprint density at radius 2 is 1.69 bits per heavy atom. The largest absolute Gasteiger partial charge is 0.480 e. The van der Waals surface area contributed by atoms with Crippen LogP contribution in [-0.4, -0.2) is 74.6 Å². The van der Waals surface area contributed by atoms with Crippen molar-refractivity contribution >= 4 is 17.7 Å². The number of carbonyl (C=O) groups is 3. The lowest BCUT2D eigenvalue weighted by Crippen LogP contribution is -2.57. The smallest absolute Gasteiger partial charge is 0.326 e. The summed E-state index contributed by atoms with van der Waals surface area (Å²) in [6, 6.07) is 7.86. The Hall–Kier alpha value is -2.33. The van der Waals surface area contributed by atoms with Gasteiger partial charge in [0.05, 0.1) is 12.2 Å². The van der Waals surface area contributed by atoms with Gasteiger partial charge in [-0.2, -0.15) is 0 Å². The average molecular weight is 450 g/mol. The van der Waals surface area contributed by atoms with Gasteiger partial charge < -0.3 is 30.5 Å². The first-order chi connectivity index (χ1) is 15.2. The summed E-state index contributed by atoms with van der Waals surface area (Å²) < 4.78 is 5.51. The Kier molecular flexibility index (Phi) is 8.00. The standard InChI is InChI=1S/C23H31NO8/c1-12-19(26)21(28)20(27)18(32-12)11-17(25)14-8-5-9-15(14)22(29)24-16(23(30)31)10-13-6-3-2-4-7-13/h2-4,6-7,12,14-16,18-21,26-28H,5,8-11H2,1H3,(H,24,29)(H,30,31)/t12-,14?,15+,16-,18?,19+,20+,21+/m0/s1. The van der Waals surface area contributed by atoms with E-state index in [2.05, 4.69) is 5.32 Å². The third kappa shape index (κ3) is 5.53. The first kappa shape index (κ1) is 24.3.